The molecule has 3 aliphatic carbocycles. The molecular formula is C10H12FN3. The molecule has 0 aliphatic heterocycles. The van der Waals surface area contributed by atoms with Crippen molar-refractivity contribution >= 4 is 5.82 Å². The predicted molar refractivity (Wildman–Crippen MR) is 49.0 cm³/mol. The Morgan fingerprint density at radius 3 is 2.21 bits per heavy atom. The first-order valence-electron chi connectivity index (χ1n) is 5.21. The third-order valence-corrected chi connectivity index (χ3v) is 4.64. The maximum absolute atomic E-state index is 13.6. The van der Waals surface area contributed by atoms with Crippen molar-refractivity contribution in [2.75, 3.05) is 5.73 Å². The number of anilines is 1. The number of halogens is 1. The molecule has 0 unspecified atom stereocenters. The first kappa shape index (κ1) is 7.26. The van der Waals surface area contributed by atoms with Gasteiger partial charge < -0.3 is 5.73 Å². The van der Waals surface area contributed by atoms with E-state index in [2.05, 4.69) is 10.2 Å². The topological polar surface area (TPSA) is 54.7 Å². The quantitative estimate of drug-likeness (QED) is 0.714. The molecule has 3 nitrogen and oxygen atoms in total. The Balaban J connectivity index is 1.81. The molecule has 0 amide bonds. The van der Waals surface area contributed by atoms with E-state index in [9.17, 15) is 4.39 Å². The van der Waals surface area contributed by atoms with Gasteiger partial charge >= 0.3 is 0 Å². The molecule has 3 aliphatic rings. The van der Waals surface area contributed by atoms with Gasteiger partial charge in [0.15, 0.2) is 11.6 Å². The highest BCUT2D eigenvalue weighted by Crippen LogP contribution is 2.95. The first-order valence-corrected chi connectivity index (χ1v) is 5.21. The number of nitrogen functional groups attached to an aromatic ring is 1. The summed E-state index contributed by atoms with van der Waals surface area (Å²) in [4.78, 5) is 0. The van der Waals surface area contributed by atoms with E-state index in [0.29, 0.717) is 22.4 Å². The molecule has 3 fully saturated rings. The SMILES string of the molecule is Nc1n[nH]c(C2C3(CC3)C23CC3)c1F. The Morgan fingerprint density at radius 2 is 1.86 bits per heavy atom. The Hall–Kier alpha value is -1.06. The summed E-state index contributed by atoms with van der Waals surface area (Å²) in [7, 11) is 0. The maximum Gasteiger partial charge on any atom is 0.188 e. The molecule has 1 heterocycles. The summed E-state index contributed by atoms with van der Waals surface area (Å²) in [6.07, 6.45) is 5.10. The van der Waals surface area contributed by atoms with Crippen LogP contribution in [-0.4, -0.2) is 10.2 Å². The highest BCUT2D eigenvalue weighted by Gasteiger charge is 2.87. The van der Waals surface area contributed by atoms with Gasteiger partial charge in [0.05, 0.1) is 5.69 Å². The number of nitrogens with zero attached hydrogens (tertiary/aromatic N) is 1. The molecule has 2 spiro atoms. The van der Waals surface area contributed by atoms with Gasteiger partial charge in [-0.1, -0.05) is 0 Å². The van der Waals surface area contributed by atoms with E-state index in [1.165, 1.54) is 25.7 Å². The van der Waals surface area contributed by atoms with Gasteiger partial charge in [-0.05, 0) is 36.5 Å². The summed E-state index contributed by atoms with van der Waals surface area (Å²) in [5, 5.41) is 6.52. The van der Waals surface area contributed by atoms with Gasteiger partial charge in [0.1, 0.15) is 0 Å². The largest absolute Gasteiger partial charge is 0.380 e. The van der Waals surface area contributed by atoms with Crippen LogP contribution >= 0.6 is 0 Å². The summed E-state index contributed by atoms with van der Waals surface area (Å²) in [5.41, 5.74) is 7.02. The monoisotopic (exact) mass is 193 g/mol. The van der Waals surface area contributed by atoms with Gasteiger partial charge in [-0.15, -0.1) is 0 Å². The molecule has 0 saturated heterocycles. The van der Waals surface area contributed by atoms with Crippen molar-refractivity contribution in [3.63, 3.8) is 0 Å². The Bertz CT molecular complexity index is 411. The molecule has 3 saturated carbocycles. The van der Waals surface area contributed by atoms with E-state index in [-0.39, 0.29) is 11.6 Å². The normalized spacial score (nSPS) is 29.8. The number of nitrogens with one attached hydrogen (secondary N) is 1. The van der Waals surface area contributed by atoms with Crippen LogP contribution < -0.4 is 5.73 Å². The highest BCUT2D eigenvalue weighted by atomic mass is 19.1. The van der Waals surface area contributed by atoms with Gasteiger partial charge in [0.25, 0.3) is 0 Å². The van der Waals surface area contributed by atoms with Crippen molar-refractivity contribution in [2.45, 2.75) is 31.6 Å². The Kier molecular flexibility index (Phi) is 0.885. The molecule has 74 valence electrons. The van der Waals surface area contributed by atoms with E-state index in [4.69, 9.17) is 5.73 Å². The summed E-state index contributed by atoms with van der Waals surface area (Å²) in [6, 6.07) is 0. The van der Waals surface area contributed by atoms with E-state index in [0.717, 1.165) is 0 Å². The predicted octanol–water partition coefficient (Wildman–Crippen LogP) is 1.79. The Labute approximate surface area is 80.9 Å². The molecular weight excluding hydrogens is 181 g/mol. The summed E-state index contributed by atoms with van der Waals surface area (Å²) in [5.74, 6) is 0.128. The van der Waals surface area contributed by atoms with Crippen LogP contribution in [0.15, 0.2) is 0 Å². The van der Waals surface area contributed by atoms with Crippen molar-refractivity contribution < 1.29 is 4.39 Å². The van der Waals surface area contributed by atoms with Crippen LogP contribution in [-0.2, 0) is 0 Å². The molecule has 14 heavy (non-hydrogen) atoms. The fraction of sp³-hybridized carbons (Fsp3) is 0.700. The number of hydrogen-bond acceptors (Lipinski definition) is 2. The van der Waals surface area contributed by atoms with Crippen molar-refractivity contribution in [2.24, 2.45) is 10.8 Å². The van der Waals surface area contributed by atoms with Crippen LogP contribution in [0, 0.1) is 16.6 Å². The fourth-order valence-corrected chi connectivity index (χ4v) is 3.68. The van der Waals surface area contributed by atoms with Gasteiger partial charge in [0, 0.05) is 5.92 Å². The lowest BCUT2D eigenvalue weighted by molar-refractivity contribution is 0.606. The number of aromatic nitrogens is 2. The van der Waals surface area contributed by atoms with Crippen LogP contribution in [0.4, 0.5) is 10.2 Å². The smallest absolute Gasteiger partial charge is 0.188 e. The summed E-state index contributed by atoms with van der Waals surface area (Å²) >= 11 is 0. The number of rotatable bonds is 1. The van der Waals surface area contributed by atoms with Gasteiger partial charge in [0.2, 0.25) is 0 Å². The summed E-state index contributed by atoms with van der Waals surface area (Å²) in [6.45, 7) is 0. The minimum Gasteiger partial charge on any atom is -0.380 e. The minimum atomic E-state index is -0.301. The van der Waals surface area contributed by atoms with E-state index in [1.807, 2.05) is 0 Å². The third-order valence-electron chi connectivity index (χ3n) is 4.64. The van der Waals surface area contributed by atoms with Crippen molar-refractivity contribution in [3.05, 3.63) is 11.5 Å². The van der Waals surface area contributed by atoms with Crippen molar-refractivity contribution in [1.82, 2.24) is 10.2 Å². The molecule has 0 radical (unpaired) electrons. The molecule has 4 rings (SSSR count). The zero-order valence-electron chi connectivity index (χ0n) is 7.81. The highest BCUT2D eigenvalue weighted by molar-refractivity contribution is 5.48. The zero-order chi connectivity index (χ0) is 9.55. The van der Waals surface area contributed by atoms with E-state index >= 15 is 0 Å². The van der Waals surface area contributed by atoms with E-state index < -0.39 is 0 Å². The zero-order valence-corrected chi connectivity index (χ0v) is 7.81. The molecule has 1 aromatic heterocycles. The lowest BCUT2D eigenvalue weighted by Crippen LogP contribution is -1.90. The van der Waals surface area contributed by atoms with E-state index in [1.54, 1.807) is 0 Å². The van der Waals surface area contributed by atoms with Gasteiger partial charge in [-0.25, -0.2) is 4.39 Å². The standard InChI is InChI=1S/C10H12FN3/c11-5-6(13-14-8(5)12)7-9(1-2-9)10(7)3-4-10/h7H,1-4H2,(H3,12,13,14). The second-order valence-corrected chi connectivity index (χ2v) is 5.08. The average Bonchev–Trinajstić information content (AvgIpc) is 3.06. The third kappa shape index (κ3) is 0.535. The van der Waals surface area contributed by atoms with Crippen LogP contribution in [0.1, 0.15) is 37.3 Å². The maximum atomic E-state index is 13.6. The molecule has 4 heteroatoms. The molecule has 3 N–H and O–H groups in total. The van der Waals surface area contributed by atoms with Gasteiger partial charge in [-0.2, -0.15) is 5.10 Å². The van der Waals surface area contributed by atoms with Gasteiger partial charge in [-0.3, -0.25) is 5.10 Å². The second-order valence-electron chi connectivity index (χ2n) is 5.08. The first-order chi connectivity index (χ1) is 6.71. The minimum absolute atomic E-state index is 0.0264. The Morgan fingerprint density at radius 1 is 1.29 bits per heavy atom. The lowest BCUT2D eigenvalue weighted by atomic mass is 10.2. The van der Waals surface area contributed by atoms with Crippen LogP contribution in [0.25, 0.3) is 0 Å². The van der Waals surface area contributed by atoms with Crippen LogP contribution in [0.2, 0.25) is 0 Å². The molecule has 0 bridgehead atoms. The number of H-pyrrole nitrogens is 1. The molecule has 0 aromatic carbocycles. The number of fused-ring (bicyclic) bond motifs is 1. The van der Waals surface area contributed by atoms with Crippen LogP contribution in [0.3, 0.4) is 0 Å². The van der Waals surface area contributed by atoms with Crippen LogP contribution in [0.5, 0.6) is 0 Å². The second kappa shape index (κ2) is 1.71. The fourth-order valence-electron chi connectivity index (χ4n) is 3.68. The summed E-state index contributed by atoms with van der Waals surface area (Å²) < 4.78 is 13.6. The number of nitrogens with two attached hydrogens (primary N) is 1. The molecule has 1 aromatic rings. The average molecular weight is 193 g/mol. The van der Waals surface area contributed by atoms with Crippen molar-refractivity contribution in [1.29, 1.82) is 0 Å². The number of hydrogen-bond donors (Lipinski definition) is 2. The molecule has 0 atom stereocenters. The number of aromatic amines is 1. The lowest BCUT2D eigenvalue weighted by Gasteiger charge is -1.92. The van der Waals surface area contributed by atoms with Crippen molar-refractivity contribution in [3.8, 4) is 0 Å².